The van der Waals surface area contributed by atoms with Crippen molar-refractivity contribution in [3.8, 4) is 11.1 Å². The van der Waals surface area contributed by atoms with Crippen LogP contribution in [0.2, 0.25) is 0 Å². The number of aliphatic imine (C=N–C) groups is 1. The number of hydrogen-bond acceptors (Lipinski definition) is 4. The molecule has 1 aromatic heterocycles. The number of nitrogens with zero attached hydrogens (tertiary/aromatic N) is 4. The van der Waals surface area contributed by atoms with Crippen molar-refractivity contribution in [2.75, 3.05) is 27.2 Å². The number of guanidine groups is 1. The summed E-state index contributed by atoms with van der Waals surface area (Å²) in [4.78, 5) is 8.75. The lowest BCUT2D eigenvalue weighted by Crippen LogP contribution is -2.47. The lowest BCUT2D eigenvalue weighted by Gasteiger charge is -2.35. The van der Waals surface area contributed by atoms with E-state index in [9.17, 15) is 4.39 Å². The van der Waals surface area contributed by atoms with Gasteiger partial charge in [0, 0.05) is 30.8 Å². The van der Waals surface area contributed by atoms with Gasteiger partial charge in [0.25, 0.3) is 5.88 Å². The van der Waals surface area contributed by atoms with Crippen LogP contribution in [0, 0.1) is 5.82 Å². The molecule has 1 aliphatic heterocycles. The Morgan fingerprint density at radius 2 is 1.88 bits per heavy atom. The molecule has 0 saturated carbocycles. The Labute approximate surface area is 188 Å². The minimum atomic E-state index is -0.218. The van der Waals surface area contributed by atoms with Gasteiger partial charge < -0.3 is 20.1 Å². The standard InChI is InChI=1S/C25H30FN5O/c1-30(2)21-12-14-31(15-13-21)25(27)28-24-17-20(29-32-24)10-8-18-9-11-22(23(26)16-18)19-6-4-3-5-7-19/h3-7,9,11,16-17,21H,8,10,12-15H2,1-2H3,(H2,27,28). The van der Waals surface area contributed by atoms with Crippen molar-refractivity contribution < 1.29 is 8.91 Å². The number of aryl methyl sites for hydroxylation is 2. The number of halogens is 1. The van der Waals surface area contributed by atoms with E-state index in [2.05, 4.69) is 34.0 Å². The van der Waals surface area contributed by atoms with Gasteiger partial charge in [-0.3, -0.25) is 0 Å². The van der Waals surface area contributed by atoms with Crippen LogP contribution in [0.25, 0.3) is 11.1 Å². The Morgan fingerprint density at radius 1 is 1.12 bits per heavy atom. The second-order valence-electron chi connectivity index (χ2n) is 8.49. The van der Waals surface area contributed by atoms with Crippen molar-refractivity contribution in [2.45, 2.75) is 31.7 Å². The smallest absolute Gasteiger partial charge is 0.253 e. The predicted molar refractivity (Wildman–Crippen MR) is 125 cm³/mol. The fourth-order valence-electron chi connectivity index (χ4n) is 4.10. The summed E-state index contributed by atoms with van der Waals surface area (Å²) in [6, 6.07) is 17.3. The van der Waals surface area contributed by atoms with Crippen LogP contribution in [0.3, 0.4) is 0 Å². The highest BCUT2D eigenvalue weighted by Gasteiger charge is 2.22. The monoisotopic (exact) mass is 435 g/mol. The van der Waals surface area contributed by atoms with Crippen molar-refractivity contribution in [1.82, 2.24) is 15.0 Å². The minimum Gasteiger partial charge on any atom is -0.369 e. The highest BCUT2D eigenvalue weighted by Crippen LogP contribution is 2.24. The quantitative estimate of drug-likeness (QED) is 0.463. The first-order chi connectivity index (χ1) is 15.5. The number of likely N-dealkylation sites (tertiary alicyclic amines) is 1. The molecule has 0 atom stereocenters. The van der Waals surface area contributed by atoms with Gasteiger partial charge in [0.1, 0.15) is 5.82 Å². The molecule has 0 spiro atoms. The van der Waals surface area contributed by atoms with Crippen molar-refractivity contribution in [2.24, 2.45) is 10.7 Å². The Bertz CT molecular complexity index is 1060. The summed E-state index contributed by atoms with van der Waals surface area (Å²) in [5.41, 5.74) is 9.36. The molecule has 2 aromatic carbocycles. The van der Waals surface area contributed by atoms with Gasteiger partial charge in [-0.1, -0.05) is 47.6 Å². The molecule has 2 N–H and O–H groups in total. The Hall–Kier alpha value is -3.19. The van der Waals surface area contributed by atoms with Gasteiger partial charge in [-0.2, -0.15) is 4.99 Å². The lowest BCUT2D eigenvalue weighted by molar-refractivity contribution is 0.190. The summed E-state index contributed by atoms with van der Waals surface area (Å²) in [7, 11) is 4.22. The van der Waals surface area contributed by atoms with E-state index < -0.39 is 0 Å². The maximum atomic E-state index is 14.6. The minimum absolute atomic E-state index is 0.218. The second kappa shape index (κ2) is 9.96. The molecule has 32 heavy (non-hydrogen) atoms. The highest BCUT2D eigenvalue weighted by molar-refractivity contribution is 5.80. The van der Waals surface area contributed by atoms with Crippen LogP contribution >= 0.6 is 0 Å². The first kappa shape index (κ1) is 22.0. The fraction of sp³-hybridized carbons (Fsp3) is 0.360. The molecule has 0 radical (unpaired) electrons. The van der Waals surface area contributed by atoms with Gasteiger partial charge in [-0.15, -0.1) is 0 Å². The highest BCUT2D eigenvalue weighted by atomic mass is 19.1. The molecular formula is C25H30FN5O. The van der Waals surface area contributed by atoms with Gasteiger partial charge in [-0.05, 0) is 57.0 Å². The summed E-state index contributed by atoms with van der Waals surface area (Å²) in [5, 5.41) is 4.10. The maximum Gasteiger partial charge on any atom is 0.253 e. The van der Waals surface area contributed by atoms with E-state index in [0.717, 1.165) is 42.8 Å². The zero-order valence-electron chi connectivity index (χ0n) is 18.7. The molecular weight excluding hydrogens is 405 g/mol. The summed E-state index contributed by atoms with van der Waals surface area (Å²) in [6.07, 6.45) is 3.42. The topological polar surface area (TPSA) is 70.9 Å². The molecule has 0 bridgehead atoms. The van der Waals surface area contributed by atoms with Crippen LogP contribution in [-0.2, 0) is 12.8 Å². The fourth-order valence-corrected chi connectivity index (χ4v) is 4.10. The summed E-state index contributed by atoms with van der Waals surface area (Å²) < 4.78 is 19.9. The van der Waals surface area contributed by atoms with Crippen LogP contribution in [-0.4, -0.2) is 54.1 Å². The molecule has 4 rings (SSSR count). The van der Waals surface area contributed by atoms with E-state index in [1.165, 1.54) is 0 Å². The largest absolute Gasteiger partial charge is 0.369 e. The molecule has 0 unspecified atom stereocenters. The van der Waals surface area contributed by atoms with E-state index in [1.807, 2.05) is 42.5 Å². The SMILES string of the molecule is CN(C)C1CCN(C(N)=Nc2cc(CCc3ccc(-c4ccccc4)c(F)c3)no2)CC1. The van der Waals surface area contributed by atoms with Crippen LogP contribution in [0.4, 0.5) is 10.3 Å². The van der Waals surface area contributed by atoms with Gasteiger partial charge >= 0.3 is 0 Å². The number of hydrogen-bond donors (Lipinski definition) is 1. The summed E-state index contributed by atoms with van der Waals surface area (Å²) in [6.45, 7) is 1.76. The molecule has 1 saturated heterocycles. The van der Waals surface area contributed by atoms with Crippen LogP contribution in [0.5, 0.6) is 0 Å². The van der Waals surface area contributed by atoms with E-state index in [1.54, 1.807) is 12.1 Å². The lowest BCUT2D eigenvalue weighted by atomic mass is 10.0. The zero-order valence-corrected chi connectivity index (χ0v) is 18.7. The number of rotatable bonds is 6. The van der Waals surface area contributed by atoms with E-state index >= 15 is 0 Å². The maximum absolute atomic E-state index is 14.6. The third kappa shape index (κ3) is 5.34. The van der Waals surface area contributed by atoms with E-state index in [-0.39, 0.29) is 5.82 Å². The molecule has 1 fully saturated rings. The average molecular weight is 436 g/mol. The molecule has 7 heteroatoms. The molecule has 0 aliphatic carbocycles. The third-order valence-corrected chi connectivity index (χ3v) is 6.08. The molecule has 0 amide bonds. The van der Waals surface area contributed by atoms with Crippen molar-refractivity contribution in [1.29, 1.82) is 0 Å². The van der Waals surface area contributed by atoms with Crippen LogP contribution < -0.4 is 5.73 Å². The molecule has 1 aliphatic rings. The van der Waals surface area contributed by atoms with Crippen LogP contribution in [0.15, 0.2) is 64.1 Å². The number of piperidine rings is 1. The molecule has 168 valence electrons. The first-order valence-corrected chi connectivity index (χ1v) is 11.0. The summed E-state index contributed by atoms with van der Waals surface area (Å²) in [5.74, 6) is 0.645. The Morgan fingerprint density at radius 3 is 2.56 bits per heavy atom. The third-order valence-electron chi connectivity index (χ3n) is 6.08. The van der Waals surface area contributed by atoms with E-state index in [4.69, 9.17) is 10.3 Å². The van der Waals surface area contributed by atoms with Gasteiger partial charge in [0.15, 0.2) is 5.96 Å². The van der Waals surface area contributed by atoms with Crippen LogP contribution in [0.1, 0.15) is 24.1 Å². The zero-order chi connectivity index (χ0) is 22.5. The number of benzene rings is 2. The molecule has 2 heterocycles. The Kier molecular flexibility index (Phi) is 6.85. The normalized spacial score (nSPS) is 15.5. The average Bonchev–Trinajstić information content (AvgIpc) is 3.25. The second-order valence-corrected chi connectivity index (χ2v) is 8.49. The number of aromatic nitrogens is 1. The van der Waals surface area contributed by atoms with Gasteiger partial charge in [-0.25, -0.2) is 4.39 Å². The Balaban J connectivity index is 1.34. The molecule has 3 aromatic rings. The van der Waals surface area contributed by atoms with Crippen molar-refractivity contribution >= 4 is 11.8 Å². The first-order valence-electron chi connectivity index (χ1n) is 11.0. The van der Waals surface area contributed by atoms with Gasteiger partial charge in [0.2, 0.25) is 0 Å². The van der Waals surface area contributed by atoms with Gasteiger partial charge in [0.05, 0.1) is 5.69 Å². The van der Waals surface area contributed by atoms with E-state index in [0.29, 0.717) is 36.3 Å². The van der Waals surface area contributed by atoms with Crippen molar-refractivity contribution in [3.63, 3.8) is 0 Å². The predicted octanol–water partition coefficient (Wildman–Crippen LogP) is 4.24. The number of nitrogens with two attached hydrogens (primary N) is 1. The molecule has 6 nitrogen and oxygen atoms in total. The summed E-state index contributed by atoms with van der Waals surface area (Å²) >= 11 is 0. The van der Waals surface area contributed by atoms with Crippen molar-refractivity contribution in [3.05, 3.63) is 71.7 Å².